The molecule has 0 amide bonds. The molecule has 0 N–H and O–H groups in total. The van der Waals surface area contributed by atoms with Crippen molar-refractivity contribution in [2.24, 2.45) is 0 Å². The molecular weight excluding hydrogens is 270 g/mol. The van der Waals surface area contributed by atoms with E-state index in [1.165, 1.54) is 0 Å². The predicted octanol–water partition coefficient (Wildman–Crippen LogP) is 3.16. The highest BCUT2D eigenvalue weighted by Crippen LogP contribution is 2.31. The van der Waals surface area contributed by atoms with Crippen LogP contribution in [0.5, 0.6) is 11.5 Å². The Kier molecular flexibility index (Phi) is 4.77. The molecule has 0 fully saturated rings. The second kappa shape index (κ2) is 6.75. The molecule has 21 heavy (non-hydrogen) atoms. The lowest BCUT2D eigenvalue weighted by Gasteiger charge is -2.07. The van der Waals surface area contributed by atoms with E-state index >= 15 is 0 Å². The summed E-state index contributed by atoms with van der Waals surface area (Å²) in [6.45, 7) is 1.96. The van der Waals surface area contributed by atoms with Gasteiger partial charge < -0.3 is 14.0 Å². The summed E-state index contributed by atoms with van der Waals surface area (Å²) >= 11 is 0. The molecule has 0 aliphatic heterocycles. The molecule has 0 saturated carbocycles. The van der Waals surface area contributed by atoms with Gasteiger partial charge in [0, 0.05) is 17.9 Å². The molecule has 110 valence electrons. The number of aromatic nitrogens is 2. The third-order valence-corrected chi connectivity index (χ3v) is 3.19. The largest absolute Gasteiger partial charge is 0.493 e. The first-order valence-electron chi connectivity index (χ1n) is 6.62. The average Bonchev–Trinajstić information content (AvgIpc) is 3.01. The van der Waals surface area contributed by atoms with Crippen LogP contribution in [-0.4, -0.2) is 24.4 Å². The fourth-order valence-corrected chi connectivity index (χ4v) is 1.93. The molecular formula is C15H17N3O3. The zero-order valence-electron chi connectivity index (χ0n) is 12.3. The Morgan fingerprint density at radius 2 is 2.05 bits per heavy atom. The van der Waals surface area contributed by atoms with Gasteiger partial charge in [-0.3, -0.25) is 0 Å². The van der Waals surface area contributed by atoms with Crippen LogP contribution in [-0.2, 0) is 0 Å². The summed E-state index contributed by atoms with van der Waals surface area (Å²) in [5, 5.41) is 12.6. The number of rotatable bonds is 6. The quantitative estimate of drug-likeness (QED) is 0.811. The molecule has 1 unspecified atom stereocenters. The minimum Gasteiger partial charge on any atom is -0.493 e. The minimum absolute atomic E-state index is 0.0612. The van der Waals surface area contributed by atoms with Crippen LogP contribution in [0.4, 0.5) is 0 Å². The van der Waals surface area contributed by atoms with Gasteiger partial charge in [0.25, 0.3) is 0 Å². The Balaban J connectivity index is 2.23. The summed E-state index contributed by atoms with van der Waals surface area (Å²) in [5.74, 6) is 2.35. The maximum atomic E-state index is 8.61. The summed E-state index contributed by atoms with van der Waals surface area (Å²) in [5.41, 5.74) is 0.787. The maximum Gasteiger partial charge on any atom is 0.229 e. The Hall–Kier alpha value is -2.55. The minimum atomic E-state index is 0.0612. The molecule has 6 heteroatoms. The zero-order chi connectivity index (χ0) is 15.2. The Bertz CT molecular complexity index is 646. The Labute approximate surface area is 123 Å². The summed E-state index contributed by atoms with van der Waals surface area (Å²) in [6.07, 6.45) is 1.17. The van der Waals surface area contributed by atoms with Crippen molar-refractivity contribution in [3.63, 3.8) is 0 Å². The van der Waals surface area contributed by atoms with E-state index < -0.39 is 0 Å². The topological polar surface area (TPSA) is 81.2 Å². The third-order valence-electron chi connectivity index (χ3n) is 3.19. The fourth-order valence-electron chi connectivity index (χ4n) is 1.93. The average molecular weight is 287 g/mol. The van der Waals surface area contributed by atoms with Crippen molar-refractivity contribution in [2.75, 3.05) is 14.2 Å². The molecule has 0 bridgehead atoms. The first kappa shape index (κ1) is 14.9. The van der Waals surface area contributed by atoms with Crippen LogP contribution >= 0.6 is 0 Å². The highest BCUT2D eigenvalue weighted by molar-refractivity contribution is 5.60. The van der Waals surface area contributed by atoms with Gasteiger partial charge in [-0.05, 0) is 24.6 Å². The molecule has 2 rings (SSSR count). The van der Waals surface area contributed by atoms with Gasteiger partial charge in [0.15, 0.2) is 11.5 Å². The normalized spacial score (nSPS) is 11.7. The standard InChI is InChI=1S/C15H17N3O3/c1-10(5-4-8-16)15-17-14(18-21-15)11-6-7-12(19-2)13(9-11)20-3/h6-7,9-10H,4-5H2,1-3H3. The first-order chi connectivity index (χ1) is 10.2. The van der Waals surface area contributed by atoms with Crippen LogP contribution in [0.3, 0.4) is 0 Å². The second-order valence-corrected chi connectivity index (χ2v) is 4.62. The van der Waals surface area contributed by atoms with Crippen LogP contribution in [0.2, 0.25) is 0 Å². The van der Waals surface area contributed by atoms with E-state index in [0.717, 1.165) is 5.56 Å². The van der Waals surface area contributed by atoms with Gasteiger partial charge in [-0.2, -0.15) is 10.2 Å². The van der Waals surface area contributed by atoms with Gasteiger partial charge in [0.2, 0.25) is 11.7 Å². The van der Waals surface area contributed by atoms with Crippen molar-refractivity contribution in [2.45, 2.75) is 25.7 Å². The lowest BCUT2D eigenvalue weighted by molar-refractivity contribution is 0.353. The molecule has 1 aromatic carbocycles. The SMILES string of the molecule is COc1ccc(-c2noc(C(C)CCC#N)n2)cc1OC. The monoisotopic (exact) mass is 287 g/mol. The molecule has 0 radical (unpaired) electrons. The van der Waals surface area contributed by atoms with Crippen molar-refractivity contribution in [1.29, 1.82) is 5.26 Å². The van der Waals surface area contributed by atoms with Crippen LogP contribution in [0.1, 0.15) is 31.6 Å². The van der Waals surface area contributed by atoms with Gasteiger partial charge in [0.1, 0.15) is 0 Å². The Morgan fingerprint density at radius 3 is 2.71 bits per heavy atom. The number of hydrogen-bond donors (Lipinski definition) is 0. The molecule has 1 heterocycles. The fraction of sp³-hybridized carbons (Fsp3) is 0.400. The molecule has 2 aromatic rings. The van der Waals surface area contributed by atoms with Gasteiger partial charge >= 0.3 is 0 Å². The summed E-state index contributed by atoms with van der Waals surface area (Å²) in [6, 6.07) is 7.55. The van der Waals surface area contributed by atoms with Crippen LogP contribution in [0.15, 0.2) is 22.7 Å². The highest BCUT2D eigenvalue weighted by Gasteiger charge is 2.16. The van der Waals surface area contributed by atoms with E-state index in [1.54, 1.807) is 26.4 Å². The van der Waals surface area contributed by atoms with E-state index in [0.29, 0.717) is 36.1 Å². The van der Waals surface area contributed by atoms with Crippen LogP contribution < -0.4 is 9.47 Å². The maximum absolute atomic E-state index is 8.61. The first-order valence-corrected chi connectivity index (χ1v) is 6.62. The number of benzene rings is 1. The van der Waals surface area contributed by atoms with Gasteiger partial charge in [-0.15, -0.1) is 0 Å². The van der Waals surface area contributed by atoms with Gasteiger partial charge in [-0.1, -0.05) is 12.1 Å². The number of nitriles is 1. The molecule has 0 aliphatic rings. The molecule has 0 saturated heterocycles. The van der Waals surface area contributed by atoms with Gasteiger partial charge in [-0.25, -0.2) is 0 Å². The lowest BCUT2D eigenvalue weighted by Crippen LogP contribution is -1.94. The van der Waals surface area contributed by atoms with Crippen molar-refractivity contribution in [1.82, 2.24) is 10.1 Å². The lowest BCUT2D eigenvalue weighted by atomic mass is 10.1. The van der Waals surface area contributed by atoms with Crippen molar-refractivity contribution >= 4 is 0 Å². The zero-order valence-corrected chi connectivity index (χ0v) is 12.3. The molecule has 6 nitrogen and oxygen atoms in total. The second-order valence-electron chi connectivity index (χ2n) is 4.62. The molecule has 0 aliphatic carbocycles. The summed E-state index contributed by atoms with van der Waals surface area (Å²) < 4.78 is 15.7. The predicted molar refractivity (Wildman–Crippen MR) is 76.1 cm³/mol. The third kappa shape index (κ3) is 3.31. The van der Waals surface area contributed by atoms with E-state index in [9.17, 15) is 0 Å². The number of nitrogens with zero attached hydrogens (tertiary/aromatic N) is 3. The molecule has 0 spiro atoms. The van der Waals surface area contributed by atoms with Crippen LogP contribution in [0.25, 0.3) is 11.4 Å². The highest BCUT2D eigenvalue weighted by atomic mass is 16.5. The van der Waals surface area contributed by atoms with E-state index in [2.05, 4.69) is 16.2 Å². The van der Waals surface area contributed by atoms with Crippen molar-refractivity contribution in [3.05, 3.63) is 24.1 Å². The van der Waals surface area contributed by atoms with Crippen molar-refractivity contribution < 1.29 is 14.0 Å². The molecule has 1 atom stereocenters. The van der Waals surface area contributed by atoms with E-state index in [1.807, 2.05) is 13.0 Å². The summed E-state index contributed by atoms with van der Waals surface area (Å²) in [7, 11) is 3.16. The van der Waals surface area contributed by atoms with E-state index in [4.69, 9.17) is 19.3 Å². The smallest absolute Gasteiger partial charge is 0.229 e. The Morgan fingerprint density at radius 1 is 1.29 bits per heavy atom. The van der Waals surface area contributed by atoms with Crippen LogP contribution in [0, 0.1) is 11.3 Å². The number of ether oxygens (including phenoxy) is 2. The van der Waals surface area contributed by atoms with E-state index in [-0.39, 0.29) is 5.92 Å². The summed E-state index contributed by atoms with van der Waals surface area (Å²) in [4.78, 5) is 4.38. The van der Waals surface area contributed by atoms with Crippen molar-refractivity contribution in [3.8, 4) is 29.0 Å². The molecule has 1 aromatic heterocycles. The number of hydrogen-bond acceptors (Lipinski definition) is 6. The van der Waals surface area contributed by atoms with Gasteiger partial charge in [0.05, 0.1) is 20.3 Å². The number of methoxy groups -OCH3 is 2.